The topological polar surface area (TPSA) is 89.9 Å². The number of fused-ring (bicyclic) bond motifs is 1. The van der Waals surface area contributed by atoms with E-state index in [-0.39, 0.29) is 17.1 Å². The van der Waals surface area contributed by atoms with Gasteiger partial charge in [0.2, 0.25) is 0 Å². The first-order chi connectivity index (χ1) is 10.9. The van der Waals surface area contributed by atoms with Crippen LogP contribution in [0.4, 0.5) is 0 Å². The summed E-state index contributed by atoms with van der Waals surface area (Å²) in [5.41, 5.74) is 0.422. The van der Waals surface area contributed by atoms with Gasteiger partial charge in [-0.15, -0.1) is 0 Å². The van der Waals surface area contributed by atoms with Crippen LogP contribution in [0.1, 0.15) is 18.1 Å². The van der Waals surface area contributed by atoms with E-state index in [1.165, 1.54) is 13.8 Å². The molecule has 0 saturated heterocycles. The molecule has 0 unspecified atom stereocenters. The molecule has 0 bridgehead atoms. The number of aromatic hydroxyl groups is 1. The molecule has 0 spiro atoms. The molecule has 3 aromatic rings. The van der Waals surface area contributed by atoms with Crippen molar-refractivity contribution in [3.63, 3.8) is 0 Å². The van der Waals surface area contributed by atoms with Crippen molar-refractivity contribution < 1.29 is 23.5 Å². The van der Waals surface area contributed by atoms with E-state index in [0.717, 1.165) is 5.39 Å². The first-order valence-electron chi connectivity index (χ1n) is 6.92. The van der Waals surface area contributed by atoms with Crippen LogP contribution in [0.15, 0.2) is 37.9 Å². The maximum absolute atomic E-state index is 11.8. The van der Waals surface area contributed by atoms with Gasteiger partial charge in [0.15, 0.2) is 11.5 Å². The zero-order valence-electron chi connectivity index (χ0n) is 12.8. The highest BCUT2D eigenvalue weighted by Gasteiger charge is 2.18. The Labute approximate surface area is 130 Å². The predicted molar refractivity (Wildman–Crippen MR) is 82.6 cm³/mol. The Morgan fingerprint density at radius 3 is 2.57 bits per heavy atom. The van der Waals surface area contributed by atoms with Gasteiger partial charge in [-0.05, 0) is 32.0 Å². The number of hydrogen-bond acceptors (Lipinski definition) is 6. The van der Waals surface area contributed by atoms with Crippen molar-refractivity contribution in [3.05, 3.63) is 45.8 Å². The molecule has 0 amide bonds. The molecule has 3 rings (SSSR count). The Morgan fingerprint density at radius 1 is 1.13 bits per heavy atom. The SMILES string of the molecule is CC(=O)Oc1ccc2cc(-c3oc(=O)c(C)c(O)c3C)oc2c1. The molecule has 0 fully saturated rings. The Morgan fingerprint density at radius 2 is 1.87 bits per heavy atom. The van der Waals surface area contributed by atoms with E-state index in [2.05, 4.69) is 0 Å². The summed E-state index contributed by atoms with van der Waals surface area (Å²) >= 11 is 0. The Balaban J connectivity index is 2.14. The Bertz CT molecular complexity index is 977. The monoisotopic (exact) mass is 314 g/mol. The van der Waals surface area contributed by atoms with Crippen LogP contribution >= 0.6 is 0 Å². The number of furan rings is 1. The third-order valence-electron chi connectivity index (χ3n) is 3.53. The van der Waals surface area contributed by atoms with Gasteiger partial charge in [0.25, 0.3) is 0 Å². The smallest absolute Gasteiger partial charge is 0.343 e. The second kappa shape index (κ2) is 5.31. The summed E-state index contributed by atoms with van der Waals surface area (Å²) in [7, 11) is 0. The van der Waals surface area contributed by atoms with Gasteiger partial charge < -0.3 is 18.7 Å². The van der Waals surface area contributed by atoms with Crippen LogP contribution in [0.25, 0.3) is 22.5 Å². The minimum absolute atomic E-state index is 0.114. The van der Waals surface area contributed by atoms with E-state index < -0.39 is 11.6 Å². The molecule has 0 atom stereocenters. The summed E-state index contributed by atoms with van der Waals surface area (Å²) in [6.45, 7) is 4.44. The van der Waals surface area contributed by atoms with E-state index in [9.17, 15) is 14.7 Å². The highest BCUT2D eigenvalue weighted by molar-refractivity contribution is 5.84. The number of hydrogen-bond donors (Lipinski definition) is 1. The third-order valence-corrected chi connectivity index (χ3v) is 3.53. The molecule has 6 heteroatoms. The number of carbonyl (C=O) groups excluding carboxylic acids is 1. The molecule has 0 saturated carbocycles. The lowest BCUT2D eigenvalue weighted by molar-refractivity contribution is -0.131. The molecular formula is C17H14O6. The summed E-state index contributed by atoms with van der Waals surface area (Å²) < 4.78 is 15.9. The van der Waals surface area contributed by atoms with Crippen molar-refractivity contribution in [1.29, 1.82) is 0 Å². The number of esters is 1. The third kappa shape index (κ3) is 2.59. The molecule has 23 heavy (non-hydrogen) atoms. The lowest BCUT2D eigenvalue weighted by Gasteiger charge is -2.05. The zero-order chi connectivity index (χ0) is 16.7. The van der Waals surface area contributed by atoms with E-state index in [1.54, 1.807) is 31.2 Å². The van der Waals surface area contributed by atoms with E-state index in [0.29, 0.717) is 22.7 Å². The maximum Gasteiger partial charge on any atom is 0.343 e. The van der Waals surface area contributed by atoms with Crippen LogP contribution in [0.2, 0.25) is 0 Å². The second-order valence-electron chi connectivity index (χ2n) is 5.22. The quantitative estimate of drug-likeness (QED) is 0.576. The average Bonchev–Trinajstić information content (AvgIpc) is 2.91. The van der Waals surface area contributed by atoms with Crippen LogP contribution in [-0.4, -0.2) is 11.1 Å². The normalized spacial score (nSPS) is 10.9. The molecule has 0 aliphatic rings. The maximum atomic E-state index is 11.8. The largest absolute Gasteiger partial charge is 0.507 e. The minimum Gasteiger partial charge on any atom is -0.507 e. The summed E-state index contributed by atoms with van der Waals surface area (Å²) in [6, 6.07) is 6.62. The molecule has 2 heterocycles. The summed E-state index contributed by atoms with van der Waals surface area (Å²) in [4.78, 5) is 22.7. The van der Waals surface area contributed by atoms with Crippen LogP contribution < -0.4 is 10.4 Å². The van der Waals surface area contributed by atoms with Crippen molar-refractivity contribution in [2.45, 2.75) is 20.8 Å². The standard InChI is InChI=1S/C17H14O6/c1-8-15(19)9(2)17(20)23-16(8)14-6-11-4-5-12(21-10(3)18)7-13(11)22-14/h4-7,19H,1-3H3. The highest BCUT2D eigenvalue weighted by atomic mass is 16.5. The van der Waals surface area contributed by atoms with Crippen molar-refractivity contribution in [2.24, 2.45) is 0 Å². The molecule has 0 radical (unpaired) electrons. The summed E-state index contributed by atoms with van der Waals surface area (Å²) in [5, 5.41) is 10.7. The van der Waals surface area contributed by atoms with E-state index in [1.807, 2.05) is 0 Å². The summed E-state index contributed by atoms with van der Waals surface area (Å²) in [6.07, 6.45) is 0. The zero-order valence-corrected chi connectivity index (χ0v) is 12.8. The number of carbonyl (C=O) groups is 1. The van der Waals surface area contributed by atoms with Gasteiger partial charge in [0.05, 0.1) is 5.56 Å². The number of benzene rings is 1. The summed E-state index contributed by atoms with van der Waals surface area (Å²) in [5.74, 6) is 0.294. The van der Waals surface area contributed by atoms with Gasteiger partial charge in [-0.2, -0.15) is 0 Å². The van der Waals surface area contributed by atoms with Crippen molar-refractivity contribution in [1.82, 2.24) is 0 Å². The van der Waals surface area contributed by atoms with Gasteiger partial charge in [-0.25, -0.2) is 4.79 Å². The first kappa shape index (κ1) is 14.9. The second-order valence-corrected chi connectivity index (χ2v) is 5.22. The molecule has 6 nitrogen and oxygen atoms in total. The van der Waals surface area contributed by atoms with Crippen LogP contribution in [-0.2, 0) is 4.79 Å². The number of rotatable bonds is 2. The average molecular weight is 314 g/mol. The molecule has 0 aliphatic carbocycles. The highest BCUT2D eigenvalue weighted by Crippen LogP contribution is 2.34. The predicted octanol–water partition coefficient (Wildman–Crippen LogP) is 3.30. The Hall–Kier alpha value is -3.02. The molecule has 2 aromatic heterocycles. The lowest BCUT2D eigenvalue weighted by Crippen LogP contribution is -2.05. The van der Waals surface area contributed by atoms with E-state index >= 15 is 0 Å². The first-order valence-corrected chi connectivity index (χ1v) is 6.92. The fraction of sp³-hybridized carbons (Fsp3) is 0.176. The van der Waals surface area contributed by atoms with Gasteiger partial charge in [-0.1, -0.05) is 0 Å². The lowest BCUT2D eigenvalue weighted by atomic mass is 10.1. The van der Waals surface area contributed by atoms with Crippen molar-refractivity contribution in [2.75, 3.05) is 0 Å². The van der Waals surface area contributed by atoms with Crippen molar-refractivity contribution in [3.8, 4) is 23.0 Å². The van der Waals surface area contributed by atoms with Gasteiger partial charge >= 0.3 is 11.6 Å². The minimum atomic E-state index is -0.621. The molecule has 1 aromatic carbocycles. The molecule has 0 aliphatic heterocycles. The van der Waals surface area contributed by atoms with Gasteiger partial charge in [0.1, 0.15) is 17.1 Å². The van der Waals surface area contributed by atoms with Crippen LogP contribution in [0.5, 0.6) is 11.5 Å². The molecular weight excluding hydrogens is 300 g/mol. The van der Waals surface area contributed by atoms with Gasteiger partial charge in [-0.3, -0.25) is 4.79 Å². The fourth-order valence-electron chi connectivity index (χ4n) is 2.32. The molecule has 118 valence electrons. The Kier molecular flexibility index (Phi) is 3.44. The van der Waals surface area contributed by atoms with Gasteiger partial charge in [0, 0.05) is 23.9 Å². The van der Waals surface area contributed by atoms with Crippen LogP contribution in [0.3, 0.4) is 0 Å². The fourth-order valence-corrected chi connectivity index (χ4v) is 2.32. The number of ether oxygens (including phenoxy) is 1. The van der Waals surface area contributed by atoms with Crippen molar-refractivity contribution >= 4 is 16.9 Å². The van der Waals surface area contributed by atoms with E-state index in [4.69, 9.17) is 13.6 Å². The van der Waals surface area contributed by atoms with Crippen LogP contribution in [0, 0.1) is 13.8 Å². The molecule has 1 N–H and O–H groups in total.